The van der Waals surface area contributed by atoms with Crippen molar-refractivity contribution in [1.29, 1.82) is 0 Å². The Morgan fingerprint density at radius 1 is 1.56 bits per heavy atom. The van der Waals surface area contributed by atoms with Crippen LogP contribution in [-0.2, 0) is 14.3 Å². The maximum Gasteiger partial charge on any atom is 0.340 e. The average Bonchev–Trinajstić information content (AvgIpc) is 2.97. The van der Waals surface area contributed by atoms with Crippen LogP contribution in [0.1, 0.15) is 28.1 Å². The third-order valence-electron chi connectivity index (χ3n) is 2.72. The van der Waals surface area contributed by atoms with E-state index in [-0.39, 0.29) is 5.91 Å². The maximum absolute atomic E-state index is 11.9. The molecule has 6 heteroatoms. The zero-order valence-electron chi connectivity index (χ0n) is 10.3. The van der Waals surface area contributed by atoms with Gasteiger partial charge in [0.05, 0.1) is 12.7 Å². The number of esters is 1. The number of aryl methyl sites for hydroxylation is 1. The first-order valence-electron chi connectivity index (χ1n) is 5.73. The molecule has 2 rings (SSSR count). The van der Waals surface area contributed by atoms with Crippen molar-refractivity contribution in [3.05, 3.63) is 16.5 Å². The van der Waals surface area contributed by atoms with Gasteiger partial charge in [-0.2, -0.15) is 0 Å². The molecule has 1 aromatic heterocycles. The minimum absolute atomic E-state index is 0.195. The molecule has 1 aliphatic rings. The van der Waals surface area contributed by atoms with Crippen LogP contribution in [-0.4, -0.2) is 31.7 Å². The van der Waals surface area contributed by atoms with Gasteiger partial charge in [0, 0.05) is 11.5 Å². The van der Waals surface area contributed by atoms with Gasteiger partial charge < -0.3 is 14.8 Å². The molecule has 0 aliphatic carbocycles. The Morgan fingerprint density at radius 3 is 2.94 bits per heavy atom. The van der Waals surface area contributed by atoms with Gasteiger partial charge in [-0.05, 0) is 25.8 Å². The first-order chi connectivity index (χ1) is 8.61. The minimum atomic E-state index is -0.443. The minimum Gasteiger partial charge on any atom is -0.465 e. The molecule has 1 atom stereocenters. The van der Waals surface area contributed by atoms with Gasteiger partial charge in [0.2, 0.25) is 0 Å². The molecule has 18 heavy (non-hydrogen) atoms. The van der Waals surface area contributed by atoms with Crippen LogP contribution < -0.4 is 5.32 Å². The quantitative estimate of drug-likeness (QED) is 0.852. The van der Waals surface area contributed by atoms with Crippen LogP contribution in [0.2, 0.25) is 0 Å². The van der Waals surface area contributed by atoms with Crippen molar-refractivity contribution < 1.29 is 19.1 Å². The Balaban J connectivity index is 2.12. The Morgan fingerprint density at radius 2 is 2.33 bits per heavy atom. The van der Waals surface area contributed by atoms with Crippen LogP contribution in [0.15, 0.2) is 6.07 Å². The van der Waals surface area contributed by atoms with E-state index in [2.05, 4.69) is 10.1 Å². The second-order valence-electron chi connectivity index (χ2n) is 4.08. The topological polar surface area (TPSA) is 64.6 Å². The van der Waals surface area contributed by atoms with Crippen molar-refractivity contribution in [3.8, 4) is 0 Å². The first-order valence-corrected chi connectivity index (χ1v) is 6.54. The van der Waals surface area contributed by atoms with E-state index in [1.54, 1.807) is 6.07 Å². The average molecular weight is 269 g/mol. The number of carbonyl (C=O) groups excluding carboxylic acids is 2. The monoisotopic (exact) mass is 269 g/mol. The summed E-state index contributed by atoms with van der Waals surface area (Å²) in [5.41, 5.74) is 0.395. The molecule has 1 aliphatic heterocycles. The molecule has 1 amide bonds. The van der Waals surface area contributed by atoms with Gasteiger partial charge >= 0.3 is 5.97 Å². The molecule has 1 N–H and O–H groups in total. The molecule has 5 nitrogen and oxygen atoms in total. The van der Waals surface area contributed by atoms with E-state index in [4.69, 9.17) is 4.74 Å². The van der Waals surface area contributed by atoms with Crippen molar-refractivity contribution in [2.45, 2.75) is 25.9 Å². The van der Waals surface area contributed by atoms with Crippen molar-refractivity contribution >= 4 is 28.2 Å². The Hall–Kier alpha value is -1.40. The molecule has 1 fully saturated rings. The van der Waals surface area contributed by atoms with Gasteiger partial charge in [-0.3, -0.25) is 4.79 Å². The van der Waals surface area contributed by atoms with E-state index in [1.165, 1.54) is 18.4 Å². The van der Waals surface area contributed by atoms with E-state index in [0.717, 1.165) is 17.7 Å². The normalized spacial score (nSPS) is 18.7. The number of rotatable bonds is 3. The number of hydrogen-bond acceptors (Lipinski definition) is 5. The van der Waals surface area contributed by atoms with Crippen molar-refractivity contribution in [2.75, 3.05) is 19.0 Å². The fourth-order valence-corrected chi connectivity index (χ4v) is 2.75. The molecule has 0 saturated carbocycles. The summed E-state index contributed by atoms with van der Waals surface area (Å²) >= 11 is 1.36. The fraction of sp³-hybridized carbons (Fsp3) is 0.500. The predicted molar refractivity (Wildman–Crippen MR) is 68.0 cm³/mol. The van der Waals surface area contributed by atoms with Gasteiger partial charge in [-0.15, -0.1) is 11.3 Å². The van der Waals surface area contributed by atoms with Gasteiger partial charge in [0.15, 0.2) is 0 Å². The highest BCUT2D eigenvalue weighted by atomic mass is 32.1. The van der Waals surface area contributed by atoms with E-state index in [9.17, 15) is 9.59 Å². The first kappa shape index (κ1) is 13.0. The summed E-state index contributed by atoms with van der Waals surface area (Å²) in [4.78, 5) is 24.4. The van der Waals surface area contributed by atoms with Crippen molar-refractivity contribution in [1.82, 2.24) is 0 Å². The number of methoxy groups -OCH3 is 1. The van der Waals surface area contributed by atoms with Gasteiger partial charge in [0.25, 0.3) is 5.91 Å². The number of thiophene rings is 1. The summed E-state index contributed by atoms with van der Waals surface area (Å²) in [6.07, 6.45) is 1.22. The van der Waals surface area contributed by atoms with Crippen molar-refractivity contribution in [3.63, 3.8) is 0 Å². The summed E-state index contributed by atoms with van der Waals surface area (Å²) in [5, 5.41) is 3.27. The van der Waals surface area contributed by atoms with E-state index in [0.29, 0.717) is 17.2 Å². The molecular weight excluding hydrogens is 254 g/mol. The number of hydrogen-bond donors (Lipinski definition) is 1. The van der Waals surface area contributed by atoms with Crippen LogP contribution in [0.3, 0.4) is 0 Å². The molecule has 0 unspecified atom stereocenters. The Bertz CT molecular complexity index is 463. The SMILES string of the molecule is COC(=O)c1cc(C)sc1NC(=O)[C@H]1CCCO1. The van der Waals surface area contributed by atoms with Gasteiger partial charge in [0.1, 0.15) is 11.1 Å². The van der Waals surface area contributed by atoms with E-state index < -0.39 is 12.1 Å². The lowest BCUT2D eigenvalue weighted by Crippen LogP contribution is -2.27. The largest absolute Gasteiger partial charge is 0.465 e. The summed E-state index contributed by atoms with van der Waals surface area (Å²) in [6.45, 7) is 2.49. The zero-order chi connectivity index (χ0) is 13.1. The Kier molecular flexibility index (Phi) is 3.98. The molecule has 98 valence electrons. The molecule has 1 aromatic rings. The lowest BCUT2D eigenvalue weighted by atomic mass is 10.2. The predicted octanol–water partition coefficient (Wildman–Crippen LogP) is 1.96. The van der Waals surface area contributed by atoms with E-state index >= 15 is 0 Å². The van der Waals surface area contributed by atoms with Crippen LogP contribution >= 0.6 is 11.3 Å². The number of ether oxygens (including phenoxy) is 2. The molecule has 0 radical (unpaired) electrons. The fourth-order valence-electron chi connectivity index (χ4n) is 1.85. The molecule has 2 heterocycles. The summed E-state index contributed by atoms with van der Waals surface area (Å²) < 4.78 is 9.98. The summed E-state index contributed by atoms with van der Waals surface area (Å²) in [7, 11) is 1.32. The molecular formula is C12H15NO4S. The highest BCUT2D eigenvalue weighted by Gasteiger charge is 2.25. The van der Waals surface area contributed by atoms with E-state index in [1.807, 2.05) is 6.92 Å². The van der Waals surface area contributed by atoms with Crippen molar-refractivity contribution in [2.24, 2.45) is 0 Å². The summed E-state index contributed by atoms with van der Waals surface area (Å²) in [5.74, 6) is -0.638. The number of amides is 1. The third-order valence-corrected chi connectivity index (χ3v) is 3.69. The molecule has 0 spiro atoms. The second-order valence-corrected chi connectivity index (χ2v) is 5.34. The van der Waals surface area contributed by atoms with Crippen LogP contribution in [0.25, 0.3) is 0 Å². The lowest BCUT2D eigenvalue weighted by molar-refractivity contribution is -0.124. The highest BCUT2D eigenvalue weighted by Crippen LogP contribution is 2.29. The molecule has 0 aromatic carbocycles. The molecule has 0 bridgehead atoms. The highest BCUT2D eigenvalue weighted by molar-refractivity contribution is 7.16. The zero-order valence-corrected chi connectivity index (χ0v) is 11.1. The standard InChI is InChI=1S/C12H15NO4S/c1-7-6-8(12(15)16-2)11(18-7)13-10(14)9-4-3-5-17-9/h6,9H,3-5H2,1-2H3,(H,13,14)/t9-/m1/s1. The number of anilines is 1. The summed E-state index contributed by atoms with van der Waals surface area (Å²) in [6, 6.07) is 1.71. The third kappa shape index (κ3) is 2.70. The smallest absolute Gasteiger partial charge is 0.340 e. The molecule has 1 saturated heterocycles. The van der Waals surface area contributed by atoms with Gasteiger partial charge in [-0.1, -0.05) is 0 Å². The lowest BCUT2D eigenvalue weighted by Gasteiger charge is -2.09. The Labute approximate surface area is 109 Å². The van der Waals surface area contributed by atoms with Gasteiger partial charge in [-0.25, -0.2) is 4.79 Å². The number of nitrogens with one attached hydrogen (secondary N) is 1. The number of carbonyl (C=O) groups is 2. The van der Waals surface area contributed by atoms with Crippen LogP contribution in [0.5, 0.6) is 0 Å². The second kappa shape index (κ2) is 5.49. The van der Waals surface area contributed by atoms with Crippen LogP contribution in [0.4, 0.5) is 5.00 Å². The maximum atomic E-state index is 11.9. The van der Waals surface area contributed by atoms with Crippen LogP contribution in [0, 0.1) is 6.92 Å².